The molecule has 0 aromatic heterocycles. The average Bonchev–Trinajstić information content (AvgIpc) is 2.53. The van der Waals surface area contributed by atoms with E-state index in [0.717, 1.165) is 37.4 Å². The summed E-state index contributed by atoms with van der Waals surface area (Å²) in [5, 5.41) is 0. The van der Waals surface area contributed by atoms with E-state index >= 15 is 0 Å². The SMILES string of the molecule is COc1cc2c(cc1OC)[C@@H]1CC(=O)[C@@H](CC(C)(C)C)CN1CC2. The summed E-state index contributed by atoms with van der Waals surface area (Å²) in [4.78, 5) is 15.2. The van der Waals surface area contributed by atoms with Gasteiger partial charge in [0.25, 0.3) is 0 Å². The van der Waals surface area contributed by atoms with Crippen LogP contribution in [0.25, 0.3) is 0 Å². The monoisotopic (exact) mass is 331 g/mol. The van der Waals surface area contributed by atoms with Crippen molar-refractivity contribution >= 4 is 5.78 Å². The van der Waals surface area contributed by atoms with E-state index in [4.69, 9.17) is 9.47 Å². The van der Waals surface area contributed by atoms with Gasteiger partial charge in [-0.3, -0.25) is 9.69 Å². The fourth-order valence-corrected chi connectivity index (χ4v) is 4.20. The molecule has 2 aliphatic heterocycles. The largest absolute Gasteiger partial charge is 0.493 e. The van der Waals surface area contributed by atoms with E-state index in [1.807, 2.05) is 0 Å². The first-order valence-corrected chi connectivity index (χ1v) is 8.84. The molecule has 4 heteroatoms. The lowest BCUT2D eigenvalue weighted by molar-refractivity contribution is -0.130. The highest BCUT2D eigenvalue weighted by molar-refractivity contribution is 5.83. The van der Waals surface area contributed by atoms with Crippen LogP contribution in [0.2, 0.25) is 0 Å². The van der Waals surface area contributed by atoms with Crippen LogP contribution in [-0.4, -0.2) is 38.0 Å². The number of nitrogens with zero attached hydrogens (tertiary/aromatic N) is 1. The zero-order valence-electron chi connectivity index (χ0n) is 15.5. The lowest BCUT2D eigenvalue weighted by atomic mass is 9.76. The molecule has 0 spiro atoms. The normalized spacial score (nSPS) is 24.3. The second-order valence-corrected chi connectivity index (χ2v) is 8.30. The predicted octanol–water partition coefficient (Wildman–Crippen LogP) is 3.63. The summed E-state index contributed by atoms with van der Waals surface area (Å²) in [6.45, 7) is 8.55. The van der Waals surface area contributed by atoms with E-state index in [1.54, 1.807) is 14.2 Å². The third kappa shape index (κ3) is 3.30. The van der Waals surface area contributed by atoms with Crippen LogP contribution in [0.3, 0.4) is 0 Å². The van der Waals surface area contributed by atoms with Crippen LogP contribution in [0, 0.1) is 11.3 Å². The fraction of sp³-hybridized carbons (Fsp3) is 0.650. The fourth-order valence-electron chi connectivity index (χ4n) is 4.20. The first-order valence-electron chi connectivity index (χ1n) is 8.84. The first kappa shape index (κ1) is 17.3. The smallest absolute Gasteiger partial charge is 0.161 e. The predicted molar refractivity (Wildman–Crippen MR) is 94.8 cm³/mol. The number of carbonyl (C=O) groups is 1. The molecule has 0 saturated carbocycles. The maximum Gasteiger partial charge on any atom is 0.161 e. The van der Waals surface area contributed by atoms with Gasteiger partial charge in [-0.2, -0.15) is 0 Å². The minimum Gasteiger partial charge on any atom is -0.493 e. The second kappa shape index (κ2) is 6.40. The molecule has 0 unspecified atom stereocenters. The number of Topliss-reactive ketones (excluding diaryl/α,β-unsaturated/α-hetero) is 1. The molecule has 2 atom stereocenters. The van der Waals surface area contributed by atoms with Gasteiger partial charge in [-0.1, -0.05) is 20.8 Å². The number of benzene rings is 1. The molecule has 0 amide bonds. The molecule has 3 rings (SSSR count). The number of carbonyl (C=O) groups excluding carboxylic acids is 1. The summed E-state index contributed by atoms with van der Waals surface area (Å²) >= 11 is 0. The number of fused-ring (bicyclic) bond motifs is 3. The number of ketones is 1. The van der Waals surface area contributed by atoms with Gasteiger partial charge in [-0.15, -0.1) is 0 Å². The van der Waals surface area contributed by atoms with E-state index in [1.165, 1.54) is 11.1 Å². The number of hydrogen-bond acceptors (Lipinski definition) is 4. The number of hydrogen-bond donors (Lipinski definition) is 0. The van der Waals surface area contributed by atoms with E-state index in [9.17, 15) is 4.79 Å². The van der Waals surface area contributed by atoms with Gasteiger partial charge in [-0.05, 0) is 41.5 Å². The van der Waals surface area contributed by atoms with Crippen molar-refractivity contribution in [1.29, 1.82) is 0 Å². The first-order chi connectivity index (χ1) is 11.3. The van der Waals surface area contributed by atoms with E-state index in [-0.39, 0.29) is 17.4 Å². The number of methoxy groups -OCH3 is 2. The summed E-state index contributed by atoms with van der Waals surface area (Å²) in [5.74, 6) is 2.11. The summed E-state index contributed by atoms with van der Waals surface area (Å²) < 4.78 is 10.9. The molecule has 1 fully saturated rings. The van der Waals surface area contributed by atoms with Crippen LogP contribution >= 0.6 is 0 Å². The Morgan fingerprint density at radius 3 is 2.46 bits per heavy atom. The van der Waals surface area contributed by atoms with E-state index in [2.05, 4.69) is 37.8 Å². The molecule has 2 heterocycles. The van der Waals surface area contributed by atoms with Gasteiger partial charge in [0, 0.05) is 31.5 Å². The second-order valence-electron chi connectivity index (χ2n) is 8.30. The maximum absolute atomic E-state index is 12.7. The van der Waals surface area contributed by atoms with Crippen molar-refractivity contribution < 1.29 is 14.3 Å². The molecule has 2 aliphatic rings. The summed E-state index contributed by atoms with van der Waals surface area (Å²) in [6.07, 6.45) is 2.58. The maximum atomic E-state index is 12.7. The topological polar surface area (TPSA) is 38.8 Å². The van der Waals surface area contributed by atoms with Gasteiger partial charge in [-0.25, -0.2) is 0 Å². The Morgan fingerprint density at radius 2 is 1.83 bits per heavy atom. The summed E-state index contributed by atoms with van der Waals surface area (Å²) in [5.41, 5.74) is 2.72. The van der Waals surface area contributed by atoms with Gasteiger partial charge in [0.1, 0.15) is 5.78 Å². The zero-order chi connectivity index (χ0) is 17.5. The molecule has 0 bridgehead atoms. The molecule has 132 valence electrons. The van der Waals surface area contributed by atoms with Gasteiger partial charge < -0.3 is 9.47 Å². The third-order valence-corrected chi connectivity index (χ3v) is 5.28. The van der Waals surface area contributed by atoms with Crippen LogP contribution in [0.4, 0.5) is 0 Å². The molecule has 1 saturated heterocycles. The van der Waals surface area contributed by atoms with Crippen LogP contribution < -0.4 is 9.47 Å². The Morgan fingerprint density at radius 1 is 1.17 bits per heavy atom. The molecule has 4 nitrogen and oxygen atoms in total. The third-order valence-electron chi connectivity index (χ3n) is 5.28. The van der Waals surface area contributed by atoms with Gasteiger partial charge >= 0.3 is 0 Å². The van der Waals surface area contributed by atoms with Crippen LogP contribution in [0.5, 0.6) is 11.5 Å². The Hall–Kier alpha value is -1.55. The molecular formula is C20H29NO3. The Kier molecular flexibility index (Phi) is 4.60. The van der Waals surface area contributed by atoms with Crippen molar-refractivity contribution in [3.05, 3.63) is 23.3 Å². The quantitative estimate of drug-likeness (QED) is 0.848. The highest BCUT2D eigenvalue weighted by atomic mass is 16.5. The van der Waals surface area contributed by atoms with Gasteiger partial charge in [0.2, 0.25) is 0 Å². The summed E-state index contributed by atoms with van der Waals surface area (Å²) in [6, 6.07) is 4.34. The van der Waals surface area contributed by atoms with Gasteiger partial charge in [0.05, 0.1) is 14.2 Å². The van der Waals surface area contributed by atoms with Crippen molar-refractivity contribution in [3.8, 4) is 11.5 Å². The minimum atomic E-state index is 0.169. The lowest BCUT2D eigenvalue weighted by Gasteiger charge is -2.44. The molecule has 24 heavy (non-hydrogen) atoms. The highest BCUT2D eigenvalue weighted by Crippen LogP contribution is 2.43. The molecule has 1 aromatic rings. The molecule has 1 aromatic carbocycles. The van der Waals surface area contributed by atoms with Crippen LogP contribution in [0.15, 0.2) is 12.1 Å². The highest BCUT2D eigenvalue weighted by Gasteiger charge is 2.39. The van der Waals surface area contributed by atoms with Crippen LogP contribution in [-0.2, 0) is 11.2 Å². The average molecular weight is 331 g/mol. The van der Waals surface area contributed by atoms with Crippen molar-refractivity contribution in [2.75, 3.05) is 27.3 Å². The Bertz CT molecular complexity index is 633. The van der Waals surface area contributed by atoms with Crippen molar-refractivity contribution in [1.82, 2.24) is 4.90 Å². The Balaban J connectivity index is 1.87. The number of ether oxygens (including phenoxy) is 2. The van der Waals surface area contributed by atoms with E-state index < -0.39 is 0 Å². The summed E-state index contributed by atoms with van der Waals surface area (Å²) in [7, 11) is 3.33. The molecule has 0 radical (unpaired) electrons. The minimum absolute atomic E-state index is 0.169. The Labute approximate surface area is 145 Å². The number of piperidine rings is 1. The van der Waals surface area contributed by atoms with Crippen LogP contribution in [0.1, 0.15) is 50.8 Å². The lowest BCUT2D eigenvalue weighted by Crippen LogP contribution is -2.47. The van der Waals surface area contributed by atoms with E-state index in [0.29, 0.717) is 12.2 Å². The number of rotatable bonds is 3. The standard InChI is InChI=1S/C20H29NO3/c1-20(2,3)11-14-12-21-7-6-13-8-18(23-4)19(24-5)9-15(13)16(21)10-17(14)22/h8-9,14,16H,6-7,10-12H2,1-5H3/t14-,16-/m0/s1. The van der Waals surface area contributed by atoms with Crippen molar-refractivity contribution in [3.63, 3.8) is 0 Å². The van der Waals surface area contributed by atoms with Crippen molar-refractivity contribution in [2.45, 2.75) is 46.1 Å². The molecule has 0 N–H and O–H groups in total. The van der Waals surface area contributed by atoms with Gasteiger partial charge in [0.15, 0.2) is 11.5 Å². The molecule has 0 aliphatic carbocycles. The van der Waals surface area contributed by atoms with Crippen molar-refractivity contribution in [2.24, 2.45) is 11.3 Å². The zero-order valence-corrected chi connectivity index (χ0v) is 15.5. The molecular weight excluding hydrogens is 302 g/mol.